The molecule has 0 spiro atoms. The van der Waals surface area contributed by atoms with E-state index < -0.39 is 0 Å². The van der Waals surface area contributed by atoms with Crippen molar-refractivity contribution in [1.29, 1.82) is 0 Å². The summed E-state index contributed by atoms with van der Waals surface area (Å²) >= 11 is 6.09. The van der Waals surface area contributed by atoms with Crippen molar-refractivity contribution >= 4 is 17.5 Å². The minimum atomic E-state index is -0.320. The van der Waals surface area contributed by atoms with Gasteiger partial charge in [0.2, 0.25) is 5.91 Å². The molecule has 2 nitrogen and oxygen atoms in total. The molecule has 1 fully saturated rings. The molecule has 1 aliphatic carbocycles. The summed E-state index contributed by atoms with van der Waals surface area (Å²) in [5, 5.41) is 2.53. The molecule has 1 rings (SSSR count). The minimum Gasteiger partial charge on any atom is -0.355 e. The predicted octanol–water partition coefficient (Wildman–Crippen LogP) is 3.09. The van der Waals surface area contributed by atoms with E-state index in [1.54, 1.807) is 0 Å². The molecule has 0 aromatic rings. The van der Waals surface area contributed by atoms with Crippen LogP contribution in [0.25, 0.3) is 0 Å². The van der Waals surface area contributed by atoms with E-state index >= 15 is 0 Å². The zero-order chi connectivity index (χ0) is 11.1. The van der Waals surface area contributed by atoms with Crippen LogP contribution < -0.4 is 5.32 Å². The number of halogens is 1. The standard InChI is InChI=1S/C12H22ClNO/c1-2-8-14-12(15)11(13)9-10-6-4-3-5-7-10/h10-11H,2-9H2,1H3,(H,14,15). The summed E-state index contributed by atoms with van der Waals surface area (Å²) in [7, 11) is 0. The van der Waals surface area contributed by atoms with Gasteiger partial charge in [-0.25, -0.2) is 0 Å². The van der Waals surface area contributed by atoms with Crippen LogP contribution in [0.3, 0.4) is 0 Å². The zero-order valence-corrected chi connectivity index (χ0v) is 10.4. The van der Waals surface area contributed by atoms with Crippen LogP contribution in [0, 0.1) is 5.92 Å². The van der Waals surface area contributed by atoms with Crippen LogP contribution in [-0.4, -0.2) is 17.8 Å². The van der Waals surface area contributed by atoms with E-state index in [9.17, 15) is 4.79 Å². The number of hydrogen-bond donors (Lipinski definition) is 1. The fourth-order valence-electron chi connectivity index (χ4n) is 2.18. The lowest BCUT2D eigenvalue weighted by Crippen LogP contribution is -2.33. The Kier molecular flexibility index (Phi) is 6.07. The third-order valence-corrected chi connectivity index (χ3v) is 3.48. The lowest BCUT2D eigenvalue weighted by molar-refractivity contribution is -0.121. The number of carbonyl (C=O) groups excluding carboxylic acids is 1. The Bertz CT molecular complexity index is 190. The lowest BCUT2D eigenvalue weighted by atomic mass is 9.86. The first-order chi connectivity index (χ1) is 7.24. The Labute approximate surface area is 97.8 Å². The summed E-state index contributed by atoms with van der Waals surface area (Å²) in [4.78, 5) is 11.5. The molecular weight excluding hydrogens is 210 g/mol. The van der Waals surface area contributed by atoms with Crippen molar-refractivity contribution in [3.63, 3.8) is 0 Å². The predicted molar refractivity (Wildman–Crippen MR) is 64.1 cm³/mol. The van der Waals surface area contributed by atoms with Crippen molar-refractivity contribution in [2.24, 2.45) is 5.92 Å². The van der Waals surface area contributed by atoms with Crippen molar-refractivity contribution in [2.45, 2.75) is 57.2 Å². The lowest BCUT2D eigenvalue weighted by Gasteiger charge is -2.23. The highest BCUT2D eigenvalue weighted by Crippen LogP contribution is 2.28. The Morgan fingerprint density at radius 1 is 1.40 bits per heavy atom. The van der Waals surface area contributed by atoms with Crippen LogP contribution >= 0.6 is 11.6 Å². The zero-order valence-electron chi connectivity index (χ0n) is 9.60. The van der Waals surface area contributed by atoms with Crippen LogP contribution in [0.1, 0.15) is 51.9 Å². The highest BCUT2D eigenvalue weighted by molar-refractivity contribution is 6.30. The van der Waals surface area contributed by atoms with Gasteiger partial charge in [0.15, 0.2) is 0 Å². The number of nitrogens with one attached hydrogen (secondary N) is 1. The van der Waals surface area contributed by atoms with Gasteiger partial charge >= 0.3 is 0 Å². The molecular formula is C12H22ClNO. The smallest absolute Gasteiger partial charge is 0.238 e. The van der Waals surface area contributed by atoms with Crippen LogP contribution in [0.15, 0.2) is 0 Å². The first kappa shape index (κ1) is 12.8. The molecule has 1 N–H and O–H groups in total. The van der Waals surface area contributed by atoms with Gasteiger partial charge in [0.25, 0.3) is 0 Å². The topological polar surface area (TPSA) is 29.1 Å². The summed E-state index contributed by atoms with van der Waals surface area (Å²) in [6, 6.07) is 0. The largest absolute Gasteiger partial charge is 0.355 e. The molecule has 15 heavy (non-hydrogen) atoms. The number of rotatable bonds is 5. The van der Waals surface area contributed by atoms with Gasteiger partial charge < -0.3 is 5.32 Å². The van der Waals surface area contributed by atoms with Gasteiger partial charge in [-0.1, -0.05) is 39.0 Å². The van der Waals surface area contributed by atoms with Crippen molar-refractivity contribution < 1.29 is 4.79 Å². The van der Waals surface area contributed by atoms with Gasteiger partial charge in [0, 0.05) is 6.54 Å². The molecule has 1 saturated carbocycles. The van der Waals surface area contributed by atoms with E-state index in [1.807, 2.05) is 6.92 Å². The molecule has 1 amide bonds. The third-order valence-electron chi connectivity index (χ3n) is 3.10. The van der Waals surface area contributed by atoms with E-state index in [-0.39, 0.29) is 11.3 Å². The number of alkyl halides is 1. The average molecular weight is 232 g/mol. The second kappa shape index (κ2) is 7.10. The van der Waals surface area contributed by atoms with Crippen LogP contribution in [0.5, 0.6) is 0 Å². The molecule has 1 unspecified atom stereocenters. The SMILES string of the molecule is CCCNC(=O)C(Cl)CC1CCCCC1. The van der Waals surface area contributed by atoms with E-state index in [4.69, 9.17) is 11.6 Å². The Balaban J connectivity index is 2.20. The van der Waals surface area contributed by atoms with Crippen molar-refractivity contribution in [2.75, 3.05) is 6.54 Å². The number of carbonyl (C=O) groups is 1. The molecule has 3 heteroatoms. The van der Waals surface area contributed by atoms with Crippen molar-refractivity contribution in [1.82, 2.24) is 5.32 Å². The third kappa shape index (κ3) is 4.87. The van der Waals surface area contributed by atoms with E-state index in [2.05, 4.69) is 5.32 Å². The summed E-state index contributed by atoms with van der Waals surface area (Å²) < 4.78 is 0. The highest BCUT2D eigenvalue weighted by Gasteiger charge is 2.21. The van der Waals surface area contributed by atoms with Gasteiger partial charge in [0.1, 0.15) is 5.38 Å². The van der Waals surface area contributed by atoms with E-state index in [1.165, 1.54) is 32.1 Å². The highest BCUT2D eigenvalue weighted by atomic mass is 35.5. The maximum atomic E-state index is 11.5. The van der Waals surface area contributed by atoms with Gasteiger partial charge in [-0.15, -0.1) is 11.6 Å². The summed E-state index contributed by atoms with van der Waals surface area (Å²) in [5.41, 5.74) is 0. The summed E-state index contributed by atoms with van der Waals surface area (Å²) in [6.07, 6.45) is 8.31. The monoisotopic (exact) mass is 231 g/mol. The molecule has 0 aromatic carbocycles. The van der Waals surface area contributed by atoms with Crippen molar-refractivity contribution in [3.8, 4) is 0 Å². The molecule has 0 heterocycles. The van der Waals surface area contributed by atoms with Gasteiger partial charge in [0.05, 0.1) is 0 Å². The van der Waals surface area contributed by atoms with Crippen LogP contribution in [0.4, 0.5) is 0 Å². The molecule has 0 aliphatic heterocycles. The molecule has 0 saturated heterocycles. The van der Waals surface area contributed by atoms with Gasteiger partial charge in [-0.3, -0.25) is 4.79 Å². The molecule has 88 valence electrons. The molecule has 0 radical (unpaired) electrons. The maximum absolute atomic E-state index is 11.5. The molecule has 0 bridgehead atoms. The van der Waals surface area contributed by atoms with Crippen LogP contribution in [-0.2, 0) is 4.79 Å². The first-order valence-electron chi connectivity index (χ1n) is 6.15. The Morgan fingerprint density at radius 2 is 2.07 bits per heavy atom. The summed E-state index contributed by atoms with van der Waals surface area (Å²) in [6.45, 7) is 2.79. The minimum absolute atomic E-state index is 0.0177. The Morgan fingerprint density at radius 3 is 2.67 bits per heavy atom. The Hall–Kier alpha value is -0.240. The van der Waals surface area contributed by atoms with E-state index in [0.29, 0.717) is 5.92 Å². The van der Waals surface area contributed by atoms with Crippen LogP contribution in [0.2, 0.25) is 0 Å². The molecule has 0 aromatic heterocycles. The fraction of sp³-hybridized carbons (Fsp3) is 0.917. The van der Waals surface area contributed by atoms with Crippen molar-refractivity contribution in [3.05, 3.63) is 0 Å². The van der Waals surface area contributed by atoms with Gasteiger partial charge in [-0.2, -0.15) is 0 Å². The second-order valence-electron chi connectivity index (χ2n) is 4.50. The second-order valence-corrected chi connectivity index (χ2v) is 5.03. The molecule has 1 aliphatic rings. The maximum Gasteiger partial charge on any atom is 0.238 e. The number of amides is 1. The molecule has 1 atom stereocenters. The first-order valence-corrected chi connectivity index (χ1v) is 6.59. The summed E-state index contributed by atoms with van der Waals surface area (Å²) in [5.74, 6) is 0.692. The normalized spacial score (nSPS) is 19.9. The number of hydrogen-bond acceptors (Lipinski definition) is 1. The average Bonchev–Trinajstić information content (AvgIpc) is 2.27. The fourth-order valence-corrected chi connectivity index (χ4v) is 2.51. The van der Waals surface area contributed by atoms with E-state index in [0.717, 1.165) is 19.4 Å². The van der Waals surface area contributed by atoms with Gasteiger partial charge in [-0.05, 0) is 18.8 Å². The quantitative estimate of drug-likeness (QED) is 0.724.